The number of hydrogen-bond donors (Lipinski definition) is 1. The van der Waals surface area contributed by atoms with Gasteiger partial charge in [-0.2, -0.15) is 0 Å². The molecule has 33 heavy (non-hydrogen) atoms. The minimum Gasteiger partial charge on any atom is -0.425 e. The van der Waals surface area contributed by atoms with E-state index in [1.165, 1.54) is 13.0 Å². The quantitative estimate of drug-likeness (QED) is 0.474. The molecule has 0 unspecified atom stereocenters. The number of carbonyl (C=O) groups is 1. The Morgan fingerprint density at radius 2 is 1.88 bits per heavy atom. The van der Waals surface area contributed by atoms with Gasteiger partial charge in [-0.15, -0.1) is 10.2 Å². The summed E-state index contributed by atoms with van der Waals surface area (Å²) in [7, 11) is -4.79. The predicted molar refractivity (Wildman–Crippen MR) is 122 cm³/mol. The predicted octanol–water partition coefficient (Wildman–Crippen LogP) is 1.94. The van der Waals surface area contributed by atoms with E-state index in [1.54, 1.807) is 30.3 Å². The highest BCUT2D eigenvalue weighted by molar-refractivity contribution is 7.90. The van der Waals surface area contributed by atoms with Gasteiger partial charge in [0, 0.05) is 12.8 Å². The lowest BCUT2D eigenvalue weighted by molar-refractivity contribution is -0.116. The van der Waals surface area contributed by atoms with Gasteiger partial charge in [-0.3, -0.25) is 4.79 Å². The van der Waals surface area contributed by atoms with Crippen molar-refractivity contribution in [2.75, 3.05) is 0 Å². The first kappa shape index (κ1) is 23.3. The summed E-state index contributed by atoms with van der Waals surface area (Å²) in [6.45, 7) is 3.80. The zero-order valence-electron chi connectivity index (χ0n) is 18.6. The minimum absolute atomic E-state index is 0.0153. The molecule has 172 valence electrons. The van der Waals surface area contributed by atoms with Crippen molar-refractivity contribution in [2.45, 2.75) is 56.8 Å². The third-order valence-corrected chi connectivity index (χ3v) is 7.24. The van der Waals surface area contributed by atoms with Gasteiger partial charge in [0.05, 0.1) is 23.7 Å². The molecule has 8 nitrogen and oxygen atoms in total. The lowest BCUT2D eigenvalue weighted by atomic mass is 9.79. The summed E-state index contributed by atoms with van der Waals surface area (Å²) in [5.41, 5.74) is 3.22. The number of aromatic nitrogens is 2. The molecule has 0 atom stereocenters. The normalized spacial score (nSPS) is 13.4. The maximum Gasteiger partial charge on any atom is 0.491 e. The number of carbonyl (C=O) groups excluding carboxylic acids is 1. The average molecular weight is 468 g/mol. The van der Waals surface area contributed by atoms with Crippen molar-refractivity contribution in [3.05, 3.63) is 70.4 Å². The van der Waals surface area contributed by atoms with E-state index in [-0.39, 0.29) is 29.3 Å². The molecule has 0 fully saturated rings. The zero-order chi connectivity index (χ0) is 23.6. The third-order valence-electron chi connectivity index (χ3n) is 5.46. The number of rotatable bonds is 9. The van der Waals surface area contributed by atoms with Crippen molar-refractivity contribution in [1.29, 1.82) is 0 Å². The van der Waals surface area contributed by atoms with Crippen LogP contribution in [-0.4, -0.2) is 36.5 Å². The van der Waals surface area contributed by atoms with E-state index in [1.807, 2.05) is 6.92 Å². The van der Waals surface area contributed by atoms with Gasteiger partial charge in [0.15, 0.2) is 9.84 Å². The number of ketones is 1. The Morgan fingerprint density at radius 1 is 1.12 bits per heavy atom. The monoisotopic (exact) mass is 468 g/mol. The van der Waals surface area contributed by atoms with E-state index in [0.717, 1.165) is 17.5 Å². The van der Waals surface area contributed by atoms with Crippen molar-refractivity contribution in [3.8, 4) is 0 Å². The Labute approximate surface area is 193 Å². The molecule has 2 heterocycles. The number of aryl methyl sites for hydroxylation is 1. The van der Waals surface area contributed by atoms with Crippen molar-refractivity contribution in [1.82, 2.24) is 10.2 Å². The molecule has 0 saturated carbocycles. The SMILES string of the molecule is CCCc1nnc(Cc2cc(CC(C)=O)ccc2S(=O)(=O)Cc2ccc3c(c2)B(O)OC3)o1. The van der Waals surface area contributed by atoms with Crippen molar-refractivity contribution >= 4 is 28.2 Å². The van der Waals surface area contributed by atoms with Gasteiger partial charge >= 0.3 is 7.12 Å². The highest BCUT2D eigenvalue weighted by Crippen LogP contribution is 2.25. The summed E-state index contributed by atoms with van der Waals surface area (Å²) in [4.78, 5) is 11.8. The molecule has 1 aliphatic heterocycles. The molecule has 2 aromatic carbocycles. The zero-order valence-corrected chi connectivity index (χ0v) is 19.4. The highest BCUT2D eigenvalue weighted by Gasteiger charge is 2.28. The van der Waals surface area contributed by atoms with Crippen LogP contribution in [0.5, 0.6) is 0 Å². The van der Waals surface area contributed by atoms with E-state index in [9.17, 15) is 18.2 Å². The van der Waals surface area contributed by atoms with Crippen LogP contribution in [0.4, 0.5) is 0 Å². The number of fused-ring (bicyclic) bond motifs is 1. The summed E-state index contributed by atoms with van der Waals surface area (Å²) >= 11 is 0. The van der Waals surface area contributed by atoms with E-state index in [4.69, 9.17) is 9.07 Å². The molecule has 0 aliphatic carbocycles. The number of hydrogen-bond acceptors (Lipinski definition) is 8. The molecule has 0 bridgehead atoms. The largest absolute Gasteiger partial charge is 0.491 e. The van der Waals surface area contributed by atoms with Crippen LogP contribution in [0.2, 0.25) is 0 Å². The van der Waals surface area contributed by atoms with Crippen molar-refractivity contribution in [2.24, 2.45) is 0 Å². The molecule has 10 heteroatoms. The molecule has 0 amide bonds. The molecule has 1 aliphatic rings. The van der Waals surface area contributed by atoms with Crippen molar-refractivity contribution in [3.63, 3.8) is 0 Å². The molecule has 4 rings (SSSR count). The van der Waals surface area contributed by atoms with Crippen LogP contribution in [0.15, 0.2) is 45.7 Å². The summed E-state index contributed by atoms with van der Waals surface area (Å²) < 4.78 is 37.7. The smallest absolute Gasteiger partial charge is 0.425 e. The first-order valence-corrected chi connectivity index (χ1v) is 12.5. The molecule has 0 radical (unpaired) electrons. The van der Waals surface area contributed by atoms with Crippen LogP contribution < -0.4 is 5.46 Å². The van der Waals surface area contributed by atoms with Gasteiger partial charge < -0.3 is 14.1 Å². The van der Waals surface area contributed by atoms with Crippen LogP contribution >= 0.6 is 0 Å². The van der Waals surface area contributed by atoms with E-state index in [0.29, 0.717) is 41.4 Å². The first-order valence-electron chi connectivity index (χ1n) is 10.8. The van der Waals surface area contributed by atoms with E-state index >= 15 is 0 Å². The first-order chi connectivity index (χ1) is 15.7. The lowest BCUT2D eigenvalue weighted by Gasteiger charge is -2.12. The second-order valence-electron chi connectivity index (χ2n) is 8.29. The van der Waals surface area contributed by atoms with Crippen LogP contribution in [0.25, 0.3) is 0 Å². The molecule has 1 aromatic heterocycles. The lowest BCUT2D eigenvalue weighted by Crippen LogP contribution is -2.28. The number of Topliss-reactive ketones (excluding diaryl/α,β-unsaturated/α-hetero) is 1. The van der Waals surface area contributed by atoms with E-state index in [2.05, 4.69) is 10.2 Å². The fraction of sp³-hybridized carbons (Fsp3) is 0.348. The highest BCUT2D eigenvalue weighted by atomic mass is 32.2. The minimum atomic E-state index is -3.74. The Bertz CT molecular complexity index is 1290. The maximum atomic E-state index is 13.4. The Balaban J connectivity index is 1.67. The second kappa shape index (κ2) is 9.58. The number of nitrogens with zero attached hydrogens (tertiary/aromatic N) is 2. The molecule has 1 N–H and O–H groups in total. The summed E-state index contributed by atoms with van der Waals surface area (Å²) in [5, 5.41) is 18.0. The molecule has 3 aromatic rings. The third kappa shape index (κ3) is 5.40. The summed E-state index contributed by atoms with van der Waals surface area (Å²) in [6, 6.07) is 10.1. The Hall–Kier alpha value is -2.82. The number of sulfone groups is 1. The molecular weight excluding hydrogens is 443 g/mol. The molecule has 0 spiro atoms. The topological polar surface area (TPSA) is 120 Å². The fourth-order valence-electron chi connectivity index (χ4n) is 3.96. The summed E-state index contributed by atoms with van der Waals surface area (Å²) in [6.07, 6.45) is 1.86. The fourth-order valence-corrected chi connectivity index (χ4v) is 5.54. The van der Waals surface area contributed by atoms with Crippen LogP contribution in [-0.2, 0) is 50.9 Å². The van der Waals surface area contributed by atoms with Gasteiger partial charge in [0.25, 0.3) is 0 Å². The molecule has 0 saturated heterocycles. The van der Waals surface area contributed by atoms with Gasteiger partial charge in [0.2, 0.25) is 11.8 Å². The van der Waals surface area contributed by atoms with Crippen molar-refractivity contribution < 1.29 is 27.3 Å². The van der Waals surface area contributed by atoms with Crippen LogP contribution in [0.1, 0.15) is 54.3 Å². The van der Waals surface area contributed by atoms with E-state index < -0.39 is 17.0 Å². The van der Waals surface area contributed by atoms with Crippen LogP contribution in [0.3, 0.4) is 0 Å². The standard InChI is InChI=1S/C23H25BN2O6S/c1-3-4-22-25-26-23(32-22)12-19-10-16(9-15(2)27)6-8-21(19)33(29,30)14-17-5-7-18-13-31-24(28)20(18)11-17/h5-8,10-11,28H,3-4,9,12-14H2,1-2H3. The van der Waals surface area contributed by atoms with Gasteiger partial charge in [-0.25, -0.2) is 8.42 Å². The second-order valence-corrected chi connectivity index (χ2v) is 10.3. The molecular formula is C23H25BN2O6S. The van der Waals surface area contributed by atoms with Crippen LogP contribution in [0, 0.1) is 0 Å². The summed E-state index contributed by atoms with van der Waals surface area (Å²) in [5.74, 6) is 0.582. The Kier molecular flexibility index (Phi) is 6.78. The number of benzene rings is 2. The van der Waals surface area contributed by atoms with Gasteiger partial charge in [0.1, 0.15) is 5.78 Å². The average Bonchev–Trinajstić information content (AvgIpc) is 3.34. The van der Waals surface area contributed by atoms with Gasteiger partial charge in [-0.1, -0.05) is 37.3 Å². The van der Waals surface area contributed by atoms with Gasteiger partial charge in [-0.05, 0) is 47.1 Å². The maximum absolute atomic E-state index is 13.4. The Morgan fingerprint density at radius 3 is 2.64 bits per heavy atom.